The number of alkyl halides is 2. The maximum atomic E-state index is 12.5. The second-order valence-electron chi connectivity index (χ2n) is 6.30. The van der Waals surface area contributed by atoms with E-state index < -0.39 is 6.61 Å². The highest BCUT2D eigenvalue weighted by Crippen LogP contribution is 2.29. The number of ether oxygens (including phenoxy) is 2. The Balaban J connectivity index is 1.62. The van der Waals surface area contributed by atoms with Crippen molar-refractivity contribution in [2.45, 2.75) is 26.5 Å². The Morgan fingerprint density at radius 1 is 1.21 bits per heavy atom. The molecular weight excluding hydrogens is 368 g/mol. The number of amides is 1. The van der Waals surface area contributed by atoms with Gasteiger partial charge in [0.1, 0.15) is 0 Å². The Kier molecular flexibility index (Phi) is 6.08. The van der Waals surface area contributed by atoms with Gasteiger partial charge in [-0.1, -0.05) is 6.07 Å². The van der Waals surface area contributed by atoms with Crippen LogP contribution in [0.3, 0.4) is 0 Å². The summed E-state index contributed by atoms with van der Waals surface area (Å²) in [5.74, 6) is -0.138. The van der Waals surface area contributed by atoms with Crippen LogP contribution in [0.2, 0.25) is 0 Å². The molecule has 0 fully saturated rings. The average molecular weight is 389 g/mol. The Morgan fingerprint density at radius 3 is 2.57 bits per heavy atom. The Labute approximate surface area is 161 Å². The molecule has 0 spiro atoms. The summed E-state index contributed by atoms with van der Waals surface area (Å²) < 4.78 is 34.5. The smallest absolute Gasteiger partial charge is 0.387 e. The van der Waals surface area contributed by atoms with Gasteiger partial charge in [-0.2, -0.15) is 13.9 Å². The number of benzene rings is 2. The molecule has 8 heteroatoms. The molecule has 0 aromatic heterocycles. The van der Waals surface area contributed by atoms with E-state index in [-0.39, 0.29) is 24.0 Å². The second-order valence-corrected chi connectivity index (χ2v) is 6.30. The van der Waals surface area contributed by atoms with Crippen LogP contribution in [0, 0.1) is 0 Å². The lowest BCUT2D eigenvalue weighted by Crippen LogP contribution is -2.23. The summed E-state index contributed by atoms with van der Waals surface area (Å²) in [6, 6.07) is 11.8. The molecule has 3 rings (SSSR count). The lowest BCUT2D eigenvalue weighted by molar-refractivity contribution is -0.0512. The highest BCUT2D eigenvalue weighted by atomic mass is 19.3. The number of anilines is 1. The second kappa shape index (κ2) is 8.69. The van der Waals surface area contributed by atoms with Gasteiger partial charge in [0.05, 0.1) is 12.8 Å². The number of carbonyl (C=O) groups is 1. The van der Waals surface area contributed by atoms with E-state index in [4.69, 9.17) is 4.74 Å². The molecule has 2 aromatic rings. The Hall–Kier alpha value is -3.16. The van der Waals surface area contributed by atoms with Crippen molar-refractivity contribution in [1.82, 2.24) is 5.32 Å². The first-order chi connectivity index (χ1) is 13.5. The predicted octanol–water partition coefficient (Wildman–Crippen LogP) is 3.81. The van der Waals surface area contributed by atoms with E-state index in [1.807, 2.05) is 24.1 Å². The molecule has 0 saturated heterocycles. The van der Waals surface area contributed by atoms with E-state index in [9.17, 15) is 13.6 Å². The molecule has 1 amide bonds. The van der Waals surface area contributed by atoms with E-state index in [0.717, 1.165) is 24.4 Å². The van der Waals surface area contributed by atoms with Gasteiger partial charge in [-0.05, 0) is 48.9 Å². The summed E-state index contributed by atoms with van der Waals surface area (Å²) in [5.41, 5.74) is 3.12. The molecule has 6 nitrogen and oxygen atoms in total. The first-order valence-electron chi connectivity index (χ1n) is 8.78. The Morgan fingerprint density at radius 2 is 1.96 bits per heavy atom. The molecule has 0 saturated carbocycles. The van der Waals surface area contributed by atoms with Gasteiger partial charge in [0.25, 0.3) is 5.91 Å². The Bertz CT molecular complexity index is 869. The van der Waals surface area contributed by atoms with E-state index in [1.54, 1.807) is 18.2 Å². The number of nitrogens with zero attached hydrogens (tertiary/aromatic N) is 2. The van der Waals surface area contributed by atoms with Gasteiger partial charge in [-0.3, -0.25) is 9.80 Å². The number of hydrogen-bond acceptors (Lipinski definition) is 5. The van der Waals surface area contributed by atoms with Crippen molar-refractivity contribution in [3.63, 3.8) is 0 Å². The van der Waals surface area contributed by atoms with Crippen molar-refractivity contribution in [2.24, 2.45) is 5.10 Å². The van der Waals surface area contributed by atoms with Crippen LogP contribution in [-0.2, 0) is 6.54 Å². The number of hydrazone groups is 1. The zero-order valence-electron chi connectivity index (χ0n) is 15.6. The van der Waals surface area contributed by atoms with Crippen LogP contribution in [0.1, 0.15) is 29.3 Å². The third-order valence-corrected chi connectivity index (χ3v) is 4.30. The van der Waals surface area contributed by atoms with Crippen molar-refractivity contribution >= 4 is 17.3 Å². The molecule has 28 heavy (non-hydrogen) atoms. The number of methoxy groups -OCH3 is 1. The van der Waals surface area contributed by atoms with E-state index >= 15 is 0 Å². The minimum atomic E-state index is -2.96. The molecule has 1 N–H and O–H groups in total. The molecule has 0 radical (unpaired) electrons. The fourth-order valence-corrected chi connectivity index (χ4v) is 2.85. The lowest BCUT2D eigenvalue weighted by Gasteiger charge is -2.14. The summed E-state index contributed by atoms with van der Waals surface area (Å²) in [7, 11) is 1.37. The van der Waals surface area contributed by atoms with Gasteiger partial charge in [-0.25, -0.2) is 0 Å². The monoisotopic (exact) mass is 389 g/mol. The fourth-order valence-electron chi connectivity index (χ4n) is 2.85. The van der Waals surface area contributed by atoms with Gasteiger partial charge in [0, 0.05) is 30.8 Å². The van der Waals surface area contributed by atoms with Crippen LogP contribution in [0.25, 0.3) is 0 Å². The van der Waals surface area contributed by atoms with Crippen LogP contribution in [0.15, 0.2) is 47.6 Å². The number of carbonyl (C=O) groups excluding carboxylic acids is 1. The number of hydrogen-bond donors (Lipinski definition) is 1. The van der Waals surface area contributed by atoms with Crippen LogP contribution < -0.4 is 19.8 Å². The third kappa shape index (κ3) is 4.76. The standard InChI is InChI=1S/C20H21F2N3O3/c1-13-9-10-25(24-13)16-6-4-15(5-7-16)19(26)23-12-14-3-8-17(27-2)18(11-14)28-20(21)22/h3-8,11,20H,9-10,12H2,1-2H3,(H,23,26). The van der Waals surface area contributed by atoms with Crippen molar-refractivity contribution in [3.05, 3.63) is 53.6 Å². The zero-order valence-corrected chi connectivity index (χ0v) is 15.6. The minimum Gasteiger partial charge on any atom is -0.493 e. The zero-order chi connectivity index (χ0) is 20.1. The van der Waals surface area contributed by atoms with Crippen molar-refractivity contribution in [2.75, 3.05) is 18.7 Å². The van der Waals surface area contributed by atoms with Crippen molar-refractivity contribution in [1.29, 1.82) is 0 Å². The fraction of sp³-hybridized carbons (Fsp3) is 0.300. The van der Waals surface area contributed by atoms with E-state index in [0.29, 0.717) is 11.1 Å². The summed E-state index contributed by atoms with van der Waals surface area (Å²) in [6.45, 7) is 0.0251. The third-order valence-electron chi connectivity index (χ3n) is 4.30. The molecule has 2 aromatic carbocycles. The topological polar surface area (TPSA) is 63.2 Å². The van der Waals surface area contributed by atoms with Gasteiger partial charge < -0.3 is 14.8 Å². The van der Waals surface area contributed by atoms with E-state index in [2.05, 4.69) is 15.2 Å². The number of nitrogens with one attached hydrogen (secondary N) is 1. The molecule has 148 valence electrons. The summed E-state index contributed by atoms with van der Waals surface area (Å²) in [4.78, 5) is 12.4. The van der Waals surface area contributed by atoms with Gasteiger partial charge in [-0.15, -0.1) is 0 Å². The van der Waals surface area contributed by atoms with Crippen LogP contribution in [0.4, 0.5) is 14.5 Å². The highest BCUT2D eigenvalue weighted by molar-refractivity contribution is 5.94. The molecule has 0 atom stereocenters. The molecule has 1 aliphatic rings. The first-order valence-corrected chi connectivity index (χ1v) is 8.78. The highest BCUT2D eigenvalue weighted by Gasteiger charge is 2.14. The van der Waals surface area contributed by atoms with Crippen molar-refractivity contribution < 1.29 is 23.0 Å². The quantitative estimate of drug-likeness (QED) is 0.782. The SMILES string of the molecule is COc1ccc(CNC(=O)c2ccc(N3CCC(C)=N3)cc2)cc1OC(F)F. The normalized spacial score (nSPS) is 13.5. The largest absolute Gasteiger partial charge is 0.493 e. The number of halogens is 2. The van der Waals surface area contributed by atoms with Crippen LogP contribution in [0.5, 0.6) is 11.5 Å². The van der Waals surface area contributed by atoms with Crippen LogP contribution >= 0.6 is 0 Å². The minimum absolute atomic E-state index is 0.0740. The summed E-state index contributed by atoms with van der Waals surface area (Å²) in [5, 5.41) is 9.09. The summed E-state index contributed by atoms with van der Waals surface area (Å²) >= 11 is 0. The van der Waals surface area contributed by atoms with Gasteiger partial charge in [0.15, 0.2) is 11.5 Å². The lowest BCUT2D eigenvalue weighted by atomic mass is 10.1. The molecule has 1 heterocycles. The molecular formula is C20H21F2N3O3. The molecule has 0 aliphatic carbocycles. The number of rotatable bonds is 7. The molecule has 0 bridgehead atoms. The molecule has 1 aliphatic heterocycles. The first kappa shape index (κ1) is 19.6. The van der Waals surface area contributed by atoms with Gasteiger partial charge >= 0.3 is 6.61 Å². The predicted molar refractivity (Wildman–Crippen MR) is 102 cm³/mol. The molecule has 0 unspecified atom stereocenters. The van der Waals surface area contributed by atoms with Crippen LogP contribution in [-0.4, -0.2) is 31.9 Å². The summed E-state index contributed by atoms with van der Waals surface area (Å²) in [6.07, 6.45) is 0.932. The van der Waals surface area contributed by atoms with Gasteiger partial charge in [0.2, 0.25) is 0 Å². The van der Waals surface area contributed by atoms with Crippen molar-refractivity contribution in [3.8, 4) is 11.5 Å². The maximum absolute atomic E-state index is 12.5. The van der Waals surface area contributed by atoms with E-state index in [1.165, 1.54) is 19.2 Å². The average Bonchev–Trinajstić information content (AvgIpc) is 3.12. The maximum Gasteiger partial charge on any atom is 0.387 e.